The second kappa shape index (κ2) is 6.06. The number of nitrogens with zero attached hydrogens (tertiary/aromatic N) is 2. The summed E-state index contributed by atoms with van der Waals surface area (Å²) in [7, 11) is 0. The topological polar surface area (TPSA) is 28.2 Å². The zero-order chi connectivity index (χ0) is 13.8. The van der Waals surface area contributed by atoms with E-state index in [9.17, 15) is 0 Å². The maximum atomic E-state index is 4.24. The number of rotatable bonds is 4. The zero-order valence-corrected chi connectivity index (χ0v) is 11.9. The molecular formula is C17H21N3. The molecule has 3 nitrogen and oxygen atoms in total. The average Bonchev–Trinajstić information content (AvgIpc) is 2.87. The standard InChI is InChI=1S/C17H21N3/c1-14-9-17(11-18-10-14)19-16-7-8-20(13-16)12-15-5-3-2-4-6-15/h2-6,9-11,16,19H,7-8,12-13H2,1H3. The van der Waals surface area contributed by atoms with Crippen molar-refractivity contribution in [2.75, 3.05) is 18.4 Å². The minimum absolute atomic E-state index is 0.530. The molecule has 3 heteroatoms. The van der Waals surface area contributed by atoms with Crippen LogP contribution in [-0.4, -0.2) is 29.0 Å². The Morgan fingerprint density at radius 1 is 1.25 bits per heavy atom. The van der Waals surface area contributed by atoms with Gasteiger partial charge in [-0.2, -0.15) is 0 Å². The maximum Gasteiger partial charge on any atom is 0.0531 e. The summed E-state index contributed by atoms with van der Waals surface area (Å²) in [5, 5.41) is 3.59. The van der Waals surface area contributed by atoms with Gasteiger partial charge in [-0.05, 0) is 30.5 Å². The highest BCUT2D eigenvalue weighted by Gasteiger charge is 2.22. The van der Waals surface area contributed by atoms with Crippen molar-refractivity contribution < 1.29 is 0 Å². The fraction of sp³-hybridized carbons (Fsp3) is 0.353. The van der Waals surface area contributed by atoms with Crippen molar-refractivity contribution in [3.05, 3.63) is 59.9 Å². The lowest BCUT2D eigenvalue weighted by molar-refractivity contribution is 0.328. The maximum absolute atomic E-state index is 4.24. The first-order valence-electron chi connectivity index (χ1n) is 7.24. The predicted octanol–water partition coefficient (Wildman–Crippen LogP) is 3.08. The van der Waals surface area contributed by atoms with Crippen LogP contribution in [0.3, 0.4) is 0 Å². The van der Waals surface area contributed by atoms with Gasteiger partial charge in [0, 0.05) is 38.1 Å². The summed E-state index contributed by atoms with van der Waals surface area (Å²) in [6.45, 7) is 5.38. The van der Waals surface area contributed by atoms with Gasteiger partial charge in [0.1, 0.15) is 0 Å². The summed E-state index contributed by atoms with van der Waals surface area (Å²) in [6.07, 6.45) is 5.00. The van der Waals surface area contributed by atoms with Gasteiger partial charge in [0.2, 0.25) is 0 Å². The third-order valence-corrected chi connectivity index (χ3v) is 3.77. The second-order valence-electron chi connectivity index (χ2n) is 5.60. The molecule has 1 aromatic heterocycles. The number of benzene rings is 1. The first-order chi connectivity index (χ1) is 9.79. The molecule has 1 N–H and O–H groups in total. The van der Waals surface area contributed by atoms with Crippen LogP contribution in [0.1, 0.15) is 17.5 Å². The van der Waals surface area contributed by atoms with E-state index >= 15 is 0 Å². The molecule has 1 saturated heterocycles. The number of hydrogen-bond acceptors (Lipinski definition) is 3. The molecule has 104 valence electrons. The SMILES string of the molecule is Cc1cncc(NC2CCN(Cc3ccccc3)C2)c1. The van der Waals surface area contributed by atoms with Gasteiger partial charge in [-0.25, -0.2) is 0 Å². The lowest BCUT2D eigenvalue weighted by atomic mass is 10.2. The molecule has 0 bridgehead atoms. The van der Waals surface area contributed by atoms with Crippen LogP contribution in [0.15, 0.2) is 48.8 Å². The Bertz CT molecular complexity index is 553. The lowest BCUT2D eigenvalue weighted by Crippen LogP contribution is -2.26. The number of aryl methyl sites for hydroxylation is 1. The number of anilines is 1. The van der Waals surface area contributed by atoms with Crippen LogP contribution in [-0.2, 0) is 6.54 Å². The van der Waals surface area contributed by atoms with Gasteiger partial charge < -0.3 is 5.32 Å². The largest absolute Gasteiger partial charge is 0.380 e. The molecule has 1 atom stereocenters. The summed E-state index contributed by atoms with van der Waals surface area (Å²) in [5.41, 5.74) is 3.73. The Morgan fingerprint density at radius 2 is 2.10 bits per heavy atom. The fourth-order valence-corrected chi connectivity index (χ4v) is 2.81. The fourth-order valence-electron chi connectivity index (χ4n) is 2.81. The van der Waals surface area contributed by atoms with Crippen LogP contribution in [0.4, 0.5) is 5.69 Å². The van der Waals surface area contributed by atoms with E-state index in [0.29, 0.717) is 6.04 Å². The highest BCUT2D eigenvalue weighted by molar-refractivity contribution is 5.43. The van der Waals surface area contributed by atoms with Crippen molar-refractivity contribution in [2.45, 2.75) is 25.9 Å². The van der Waals surface area contributed by atoms with E-state index in [2.05, 4.69) is 58.5 Å². The third kappa shape index (κ3) is 3.36. The van der Waals surface area contributed by atoms with E-state index < -0.39 is 0 Å². The van der Waals surface area contributed by atoms with Crippen molar-refractivity contribution >= 4 is 5.69 Å². The second-order valence-corrected chi connectivity index (χ2v) is 5.60. The Balaban J connectivity index is 1.54. The molecule has 0 amide bonds. The molecule has 0 aliphatic carbocycles. The molecule has 0 saturated carbocycles. The monoisotopic (exact) mass is 267 g/mol. The van der Waals surface area contributed by atoms with Gasteiger partial charge >= 0.3 is 0 Å². The van der Waals surface area contributed by atoms with Gasteiger partial charge in [-0.3, -0.25) is 9.88 Å². The highest BCUT2D eigenvalue weighted by Crippen LogP contribution is 2.18. The Hall–Kier alpha value is -1.87. The predicted molar refractivity (Wildman–Crippen MR) is 82.7 cm³/mol. The molecule has 1 aliphatic rings. The van der Waals surface area contributed by atoms with E-state index in [1.807, 2.05) is 12.4 Å². The van der Waals surface area contributed by atoms with E-state index in [4.69, 9.17) is 0 Å². The molecular weight excluding hydrogens is 246 g/mol. The first-order valence-corrected chi connectivity index (χ1v) is 7.24. The summed E-state index contributed by atoms with van der Waals surface area (Å²) in [5.74, 6) is 0. The van der Waals surface area contributed by atoms with Crippen molar-refractivity contribution in [2.24, 2.45) is 0 Å². The van der Waals surface area contributed by atoms with E-state index in [1.54, 1.807) is 0 Å². The Labute approximate surface area is 120 Å². The first kappa shape index (κ1) is 13.1. The van der Waals surface area contributed by atoms with Crippen LogP contribution >= 0.6 is 0 Å². The Kier molecular flexibility index (Phi) is 3.97. The van der Waals surface area contributed by atoms with Gasteiger partial charge in [0.15, 0.2) is 0 Å². The van der Waals surface area contributed by atoms with Crippen LogP contribution < -0.4 is 5.32 Å². The molecule has 2 aromatic rings. The zero-order valence-electron chi connectivity index (χ0n) is 11.9. The van der Waals surface area contributed by atoms with Crippen molar-refractivity contribution in [3.63, 3.8) is 0 Å². The molecule has 1 aromatic carbocycles. The molecule has 1 unspecified atom stereocenters. The number of pyridine rings is 1. The quantitative estimate of drug-likeness (QED) is 0.922. The minimum Gasteiger partial charge on any atom is -0.380 e. The number of hydrogen-bond donors (Lipinski definition) is 1. The van der Waals surface area contributed by atoms with Crippen LogP contribution in [0.2, 0.25) is 0 Å². The highest BCUT2D eigenvalue weighted by atomic mass is 15.2. The van der Waals surface area contributed by atoms with E-state index in [1.165, 1.54) is 17.5 Å². The number of nitrogens with one attached hydrogen (secondary N) is 1. The van der Waals surface area contributed by atoms with Gasteiger partial charge in [0.05, 0.1) is 5.69 Å². The van der Waals surface area contributed by atoms with Crippen molar-refractivity contribution in [1.82, 2.24) is 9.88 Å². The van der Waals surface area contributed by atoms with Gasteiger partial charge in [0.25, 0.3) is 0 Å². The third-order valence-electron chi connectivity index (χ3n) is 3.77. The molecule has 0 spiro atoms. The molecule has 3 rings (SSSR count). The van der Waals surface area contributed by atoms with E-state index in [0.717, 1.165) is 25.3 Å². The molecule has 1 fully saturated rings. The van der Waals surface area contributed by atoms with Crippen molar-refractivity contribution in [1.29, 1.82) is 0 Å². The van der Waals surface area contributed by atoms with Crippen LogP contribution in [0.25, 0.3) is 0 Å². The number of likely N-dealkylation sites (tertiary alicyclic amines) is 1. The molecule has 2 heterocycles. The molecule has 0 radical (unpaired) electrons. The lowest BCUT2D eigenvalue weighted by Gasteiger charge is -2.17. The van der Waals surface area contributed by atoms with Gasteiger partial charge in [-0.1, -0.05) is 30.3 Å². The van der Waals surface area contributed by atoms with Crippen LogP contribution in [0.5, 0.6) is 0 Å². The van der Waals surface area contributed by atoms with Crippen molar-refractivity contribution in [3.8, 4) is 0 Å². The summed E-state index contributed by atoms with van der Waals surface area (Å²) in [4.78, 5) is 6.75. The molecule has 1 aliphatic heterocycles. The summed E-state index contributed by atoms with van der Waals surface area (Å²) < 4.78 is 0. The van der Waals surface area contributed by atoms with E-state index in [-0.39, 0.29) is 0 Å². The summed E-state index contributed by atoms with van der Waals surface area (Å²) >= 11 is 0. The average molecular weight is 267 g/mol. The smallest absolute Gasteiger partial charge is 0.0531 e. The van der Waals surface area contributed by atoms with Gasteiger partial charge in [-0.15, -0.1) is 0 Å². The number of aromatic nitrogens is 1. The normalized spacial score (nSPS) is 19.1. The minimum atomic E-state index is 0.530. The Morgan fingerprint density at radius 3 is 2.90 bits per heavy atom. The van der Waals surface area contributed by atoms with Crippen LogP contribution in [0, 0.1) is 6.92 Å². The summed E-state index contributed by atoms with van der Waals surface area (Å²) in [6, 6.07) is 13.4. The molecule has 20 heavy (non-hydrogen) atoms.